The number of rotatable bonds is 4. The van der Waals surface area contributed by atoms with Gasteiger partial charge < -0.3 is 15.1 Å². The van der Waals surface area contributed by atoms with Crippen molar-refractivity contribution in [3.8, 4) is 0 Å². The van der Waals surface area contributed by atoms with Crippen LogP contribution in [0, 0.1) is 0 Å². The maximum Gasteiger partial charge on any atom is 0.405 e. The first-order valence-corrected chi connectivity index (χ1v) is 6.31. The van der Waals surface area contributed by atoms with Crippen LogP contribution >= 0.6 is 12.4 Å². The maximum absolute atomic E-state index is 13.1. The van der Waals surface area contributed by atoms with Crippen molar-refractivity contribution in [3.63, 3.8) is 0 Å². The van der Waals surface area contributed by atoms with E-state index in [9.17, 15) is 18.0 Å². The fraction of sp³-hybridized carbons (Fsp3) is 0.583. The molecule has 1 aliphatic heterocycles. The van der Waals surface area contributed by atoms with Crippen LogP contribution in [0.2, 0.25) is 0 Å². The van der Waals surface area contributed by atoms with Crippen LogP contribution < -0.4 is 10.6 Å². The molecule has 0 saturated carbocycles. The van der Waals surface area contributed by atoms with Gasteiger partial charge in [-0.25, -0.2) is 0 Å². The molecule has 0 spiro atoms. The van der Waals surface area contributed by atoms with Crippen molar-refractivity contribution in [2.24, 2.45) is 0 Å². The molecule has 0 bridgehead atoms. The zero-order valence-electron chi connectivity index (χ0n) is 11.2. The molecule has 1 fully saturated rings. The van der Waals surface area contributed by atoms with E-state index in [-0.39, 0.29) is 18.2 Å². The molecule has 1 saturated heterocycles. The molecule has 0 aliphatic carbocycles. The van der Waals surface area contributed by atoms with Crippen molar-refractivity contribution in [1.29, 1.82) is 0 Å². The molecule has 2 N–H and O–H groups in total. The van der Waals surface area contributed by atoms with Gasteiger partial charge in [-0.3, -0.25) is 9.69 Å². The lowest BCUT2D eigenvalue weighted by atomic mass is 10.2. The minimum absolute atomic E-state index is 0. The van der Waals surface area contributed by atoms with E-state index < -0.39 is 24.7 Å². The van der Waals surface area contributed by atoms with E-state index in [1.54, 1.807) is 0 Å². The molecule has 2 heterocycles. The highest BCUT2D eigenvalue weighted by molar-refractivity contribution is 5.91. The minimum Gasteiger partial charge on any atom is -0.459 e. The van der Waals surface area contributed by atoms with Crippen molar-refractivity contribution in [3.05, 3.63) is 24.2 Å². The van der Waals surface area contributed by atoms with E-state index in [1.807, 2.05) is 0 Å². The Labute approximate surface area is 126 Å². The Kier molecular flexibility index (Phi) is 6.50. The van der Waals surface area contributed by atoms with Crippen molar-refractivity contribution in [2.45, 2.75) is 12.2 Å². The average molecular weight is 328 g/mol. The van der Waals surface area contributed by atoms with Crippen molar-refractivity contribution < 1.29 is 22.4 Å². The monoisotopic (exact) mass is 327 g/mol. The zero-order valence-corrected chi connectivity index (χ0v) is 12.0. The summed E-state index contributed by atoms with van der Waals surface area (Å²) in [5, 5.41) is 5.27. The zero-order chi connectivity index (χ0) is 14.6. The Hall–Kier alpha value is -1.25. The first-order chi connectivity index (χ1) is 9.48. The number of amides is 1. The molecule has 1 aromatic rings. The third-order valence-corrected chi connectivity index (χ3v) is 3.17. The van der Waals surface area contributed by atoms with Crippen LogP contribution in [0.25, 0.3) is 0 Å². The van der Waals surface area contributed by atoms with Gasteiger partial charge in [-0.05, 0) is 12.1 Å². The number of nitrogens with one attached hydrogen (secondary N) is 2. The average Bonchev–Trinajstić information content (AvgIpc) is 2.92. The minimum atomic E-state index is -4.38. The van der Waals surface area contributed by atoms with Crippen molar-refractivity contribution in [2.75, 3.05) is 32.7 Å². The van der Waals surface area contributed by atoms with E-state index >= 15 is 0 Å². The lowest BCUT2D eigenvalue weighted by Gasteiger charge is -2.35. The summed E-state index contributed by atoms with van der Waals surface area (Å²) in [5.41, 5.74) is 0. The molecule has 2 rings (SSSR count). The van der Waals surface area contributed by atoms with E-state index in [2.05, 4.69) is 10.6 Å². The van der Waals surface area contributed by atoms with Gasteiger partial charge in [0, 0.05) is 32.7 Å². The van der Waals surface area contributed by atoms with Gasteiger partial charge in [0.15, 0.2) is 5.76 Å². The highest BCUT2D eigenvalue weighted by Crippen LogP contribution is 2.24. The normalized spacial score (nSPS) is 17.9. The number of furan rings is 1. The molecule has 1 atom stereocenters. The molecular formula is C12H17ClF3N3O2. The molecule has 120 valence electrons. The van der Waals surface area contributed by atoms with Crippen molar-refractivity contribution in [1.82, 2.24) is 15.5 Å². The lowest BCUT2D eigenvalue weighted by Crippen LogP contribution is -2.57. The summed E-state index contributed by atoms with van der Waals surface area (Å²) in [6.07, 6.45) is -3.08. The number of hydrogen-bond donors (Lipinski definition) is 2. The van der Waals surface area contributed by atoms with Crippen LogP contribution in [0.1, 0.15) is 10.6 Å². The standard InChI is InChI=1S/C12H16F3N3O2.ClH/c13-12(14,15)10(18-5-3-16-4-6-18)8-17-11(19)9-2-1-7-20-9;/h1-2,7,10,16H,3-6,8H2,(H,17,19);1H. The summed E-state index contributed by atoms with van der Waals surface area (Å²) >= 11 is 0. The number of halogens is 4. The van der Waals surface area contributed by atoms with E-state index in [0.29, 0.717) is 26.2 Å². The van der Waals surface area contributed by atoms with Gasteiger partial charge in [-0.15, -0.1) is 12.4 Å². The fourth-order valence-corrected chi connectivity index (χ4v) is 2.13. The largest absolute Gasteiger partial charge is 0.459 e. The Bertz CT molecular complexity index is 433. The van der Waals surface area contributed by atoms with Crippen LogP contribution in [-0.2, 0) is 0 Å². The molecule has 5 nitrogen and oxygen atoms in total. The third-order valence-electron chi connectivity index (χ3n) is 3.17. The molecule has 0 aromatic carbocycles. The van der Waals surface area contributed by atoms with E-state index in [1.165, 1.54) is 23.3 Å². The Morgan fingerprint density at radius 3 is 2.62 bits per heavy atom. The maximum atomic E-state index is 13.1. The first kappa shape index (κ1) is 17.8. The Morgan fingerprint density at radius 1 is 1.43 bits per heavy atom. The number of piperazine rings is 1. The van der Waals surface area contributed by atoms with Gasteiger partial charge in [0.05, 0.1) is 6.26 Å². The van der Waals surface area contributed by atoms with Gasteiger partial charge in [-0.1, -0.05) is 0 Å². The van der Waals surface area contributed by atoms with E-state index in [4.69, 9.17) is 4.42 Å². The summed E-state index contributed by atoms with van der Waals surface area (Å²) in [4.78, 5) is 12.9. The quantitative estimate of drug-likeness (QED) is 0.874. The van der Waals surface area contributed by atoms with Gasteiger partial charge in [-0.2, -0.15) is 13.2 Å². The van der Waals surface area contributed by atoms with E-state index in [0.717, 1.165) is 0 Å². The summed E-state index contributed by atoms with van der Waals surface area (Å²) in [6.45, 7) is 1.15. The van der Waals surface area contributed by atoms with Crippen molar-refractivity contribution >= 4 is 18.3 Å². The van der Waals surface area contributed by atoms with Gasteiger partial charge in [0.1, 0.15) is 6.04 Å². The van der Waals surface area contributed by atoms with Gasteiger partial charge in [0.25, 0.3) is 5.91 Å². The third kappa shape index (κ3) is 4.90. The molecule has 1 aliphatic rings. The van der Waals surface area contributed by atoms with Gasteiger partial charge in [0.2, 0.25) is 0 Å². The summed E-state index contributed by atoms with van der Waals surface area (Å²) < 4.78 is 44.0. The molecule has 1 aromatic heterocycles. The smallest absolute Gasteiger partial charge is 0.405 e. The highest BCUT2D eigenvalue weighted by Gasteiger charge is 2.43. The molecule has 0 radical (unpaired) electrons. The van der Waals surface area contributed by atoms with Crippen LogP contribution in [-0.4, -0.2) is 55.7 Å². The second-order valence-electron chi connectivity index (χ2n) is 4.53. The fourth-order valence-electron chi connectivity index (χ4n) is 2.13. The molecule has 9 heteroatoms. The number of hydrogen-bond acceptors (Lipinski definition) is 4. The highest BCUT2D eigenvalue weighted by atomic mass is 35.5. The summed E-state index contributed by atoms with van der Waals surface area (Å²) in [6, 6.07) is 1.23. The number of alkyl halides is 3. The number of carbonyl (C=O) groups is 1. The Morgan fingerprint density at radius 2 is 2.10 bits per heavy atom. The Balaban J connectivity index is 0.00000220. The summed E-state index contributed by atoms with van der Waals surface area (Å²) in [5.74, 6) is -0.634. The topological polar surface area (TPSA) is 57.5 Å². The molecule has 1 unspecified atom stereocenters. The number of nitrogens with zero attached hydrogens (tertiary/aromatic N) is 1. The lowest BCUT2D eigenvalue weighted by molar-refractivity contribution is -0.183. The summed E-state index contributed by atoms with van der Waals surface area (Å²) in [7, 11) is 0. The van der Waals surface area contributed by atoms with Crippen LogP contribution in [0.4, 0.5) is 13.2 Å². The first-order valence-electron chi connectivity index (χ1n) is 6.31. The van der Waals surface area contributed by atoms with Crippen LogP contribution in [0.5, 0.6) is 0 Å². The predicted molar refractivity (Wildman–Crippen MR) is 72.6 cm³/mol. The molecular weight excluding hydrogens is 311 g/mol. The SMILES string of the molecule is Cl.O=C(NCC(N1CCNCC1)C(F)(F)F)c1ccco1. The predicted octanol–water partition coefficient (Wildman–Crippen LogP) is 1.27. The second kappa shape index (κ2) is 7.67. The molecule has 1 amide bonds. The molecule has 21 heavy (non-hydrogen) atoms. The van der Waals surface area contributed by atoms with Gasteiger partial charge >= 0.3 is 6.18 Å². The second-order valence-corrected chi connectivity index (χ2v) is 4.53. The number of carbonyl (C=O) groups excluding carboxylic acids is 1. The van der Waals surface area contributed by atoms with Crippen LogP contribution in [0.15, 0.2) is 22.8 Å². The van der Waals surface area contributed by atoms with Crippen LogP contribution in [0.3, 0.4) is 0 Å².